The smallest absolute Gasteiger partial charge is 0.330 e. The molecule has 0 bridgehead atoms. The second-order valence-electron chi connectivity index (χ2n) is 2.96. The molecule has 2 nitrogen and oxygen atoms in total. The maximum atomic E-state index is 11.0. The van der Waals surface area contributed by atoms with Gasteiger partial charge in [-0.3, -0.25) is 0 Å². The molecule has 1 rings (SSSR count). The van der Waals surface area contributed by atoms with Gasteiger partial charge in [-0.15, -0.1) is 0 Å². The zero-order chi connectivity index (χ0) is 11.1. The lowest BCUT2D eigenvalue weighted by atomic mass is 10.1. The van der Waals surface area contributed by atoms with Gasteiger partial charge in [0.1, 0.15) is 0 Å². The maximum absolute atomic E-state index is 11.0. The minimum absolute atomic E-state index is 0.304. The van der Waals surface area contributed by atoms with Gasteiger partial charge in [0.25, 0.3) is 0 Å². The van der Waals surface area contributed by atoms with Gasteiger partial charge >= 0.3 is 5.97 Å². The van der Waals surface area contributed by atoms with Crippen molar-refractivity contribution in [3.63, 3.8) is 0 Å². The van der Waals surface area contributed by atoms with Crippen LogP contribution in [0, 0.1) is 0 Å². The van der Waals surface area contributed by atoms with Crippen LogP contribution in [0.15, 0.2) is 30.3 Å². The minimum atomic E-state index is -0.304. The lowest BCUT2D eigenvalue weighted by Crippen LogP contribution is -1.98. The van der Waals surface area contributed by atoms with Crippen molar-refractivity contribution in [1.82, 2.24) is 0 Å². The van der Waals surface area contributed by atoms with Gasteiger partial charge in [0, 0.05) is 11.4 Å². The molecule has 1 aromatic carbocycles. The Morgan fingerprint density at radius 3 is 2.60 bits per heavy atom. The quantitative estimate of drug-likeness (QED) is 0.477. The minimum Gasteiger partial charge on any atom is -0.463 e. The van der Waals surface area contributed by atoms with Crippen LogP contribution in [-0.4, -0.2) is 12.6 Å². The van der Waals surface area contributed by atoms with Crippen molar-refractivity contribution in [2.75, 3.05) is 6.61 Å². The number of rotatable bonds is 4. The largest absolute Gasteiger partial charge is 0.463 e. The number of ether oxygens (including phenoxy) is 1. The molecular weight excluding hydrogens is 256 g/mol. The Kier molecular flexibility index (Phi) is 5.12. The molecule has 0 atom stereocenters. The first-order chi connectivity index (χ1) is 7.26. The van der Waals surface area contributed by atoms with Gasteiger partial charge in [0.2, 0.25) is 0 Å². The van der Waals surface area contributed by atoms with Crippen LogP contribution in [0.2, 0.25) is 0 Å². The topological polar surface area (TPSA) is 26.3 Å². The van der Waals surface area contributed by atoms with E-state index in [9.17, 15) is 4.79 Å². The van der Waals surface area contributed by atoms with E-state index < -0.39 is 0 Å². The molecular formula is C12H13BrO2. The summed E-state index contributed by atoms with van der Waals surface area (Å²) in [6.45, 7) is 2.20. The highest BCUT2D eigenvalue weighted by Gasteiger charge is 1.94. The highest BCUT2D eigenvalue weighted by molar-refractivity contribution is 9.08. The van der Waals surface area contributed by atoms with E-state index in [1.807, 2.05) is 24.3 Å². The summed E-state index contributed by atoms with van der Waals surface area (Å²) in [6, 6.07) is 7.96. The van der Waals surface area contributed by atoms with E-state index in [0.717, 1.165) is 10.9 Å². The number of hydrogen-bond acceptors (Lipinski definition) is 2. The lowest BCUT2D eigenvalue weighted by molar-refractivity contribution is -0.137. The van der Waals surface area contributed by atoms with Crippen molar-refractivity contribution < 1.29 is 9.53 Å². The molecule has 0 aliphatic rings. The lowest BCUT2D eigenvalue weighted by Gasteiger charge is -1.97. The number of esters is 1. The summed E-state index contributed by atoms with van der Waals surface area (Å²) in [7, 11) is 0. The number of halogens is 1. The predicted molar refractivity (Wildman–Crippen MR) is 64.7 cm³/mol. The van der Waals surface area contributed by atoms with Crippen molar-refractivity contribution in [2.45, 2.75) is 12.3 Å². The number of carbonyl (C=O) groups excluding carboxylic acids is 1. The summed E-state index contributed by atoms with van der Waals surface area (Å²) in [4.78, 5) is 11.0. The van der Waals surface area contributed by atoms with Crippen LogP contribution in [0.5, 0.6) is 0 Å². The summed E-state index contributed by atoms with van der Waals surface area (Å²) in [5.41, 5.74) is 2.20. The van der Waals surface area contributed by atoms with E-state index in [4.69, 9.17) is 4.74 Å². The van der Waals surface area contributed by atoms with Crippen LogP contribution in [0.3, 0.4) is 0 Å². The Bertz CT molecular complexity index is 341. The average Bonchev–Trinajstić information content (AvgIpc) is 2.27. The van der Waals surface area contributed by atoms with Gasteiger partial charge in [-0.05, 0) is 24.1 Å². The van der Waals surface area contributed by atoms with E-state index in [1.54, 1.807) is 13.0 Å². The Hall–Kier alpha value is -1.09. The number of carbonyl (C=O) groups is 1. The molecule has 0 saturated carbocycles. The monoisotopic (exact) mass is 268 g/mol. The van der Waals surface area contributed by atoms with Crippen molar-refractivity contribution in [1.29, 1.82) is 0 Å². The summed E-state index contributed by atoms with van der Waals surface area (Å²) in [5, 5.41) is 0.842. The van der Waals surface area contributed by atoms with Crippen LogP contribution in [-0.2, 0) is 14.9 Å². The summed E-state index contributed by atoms with van der Waals surface area (Å²) < 4.78 is 4.78. The standard InChI is InChI=1S/C12H13BrO2/c1-2-15-12(14)8-7-10-3-5-11(9-13)6-4-10/h3-8H,2,9H2,1H3. The van der Waals surface area contributed by atoms with Crippen LogP contribution in [0.4, 0.5) is 0 Å². The number of alkyl halides is 1. The highest BCUT2D eigenvalue weighted by atomic mass is 79.9. The van der Waals surface area contributed by atoms with E-state index in [-0.39, 0.29) is 5.97 Å². The molecule has 0 amide bonds. The zero-order valence-corrected chi connectivity index (χ0v) is 10.2. The fraction of sp³-hybridized carbons (Fsp3) is 0.250. The second-order valence-corrected chi connectivity index (χ2v) is 3.52. The van der Waals surface area contributed by atoms with E-state index in [1.165, 1.54) is 11.6 Å². The molecule has 0 fully saturated rings. The fourth-order valence-electron chi connectivity index (χ4n) is 1.07. The van der Waals surface area contributed by atoms with E-state index >= 15 is 0 Å². The Morgan fingerprint density at radius 2 is 2.07 bits per heavy atom. The van der Waals surface area contributed by atoms with Crippen LogP contribution in [0.1, 0.15) is 18.1 Å². The van der Waals surface area contributed by atoms with Crippen molar-refractivity contribution in [2.24, 2.45) is 0 Å². The molecule has 3 heteroatoms. The van der Waals surface area contributed by atoms with Gasteiger partial charge in [-0.2, -0.15) is 0 Å². The predicted octanol–water partition coefficient (Wildman–Crippen LogP) is 3.16. The van der Waals surface area contributed by atoms with Crippen LogP contribution in [0.25, 0.3) is 6.08 Å². The summed E-state index contributed by atoms with van der Waals surface area (Å²) in [6.07, 6.45) is 3.18. The maximum Gasteiger partial charge on any atom is 0.330 e. The molecule has 0 N–H and O–H groups in total. The van der Waals surface area contributed by atoms with Crippen LogP contribution >= 0.6 is 15.9 Å². The number of benzene rings is 1. The summed E-state index contributed by atoms with van der Waals surface area (Å²) >= 11 is 3.37. The molecule has 1 aromatic rings. The molecule has 0 saturated heterocycles. The fourth-order valence-corrected chi connectivity index (χ4v) is 1.45. The molecule has 0 unspecified atom stereocenters. The van der Waals surface area contributed by atoms with Crippen molar-refractivity contribution in [3.8, 4) is 0 Å². The molecule has 0 aliphatic carbocycles. The Labute approximate surface area is 98.1 Å². The van der Waals surface area contributed by atoms with Crippen LogP contribution < -0.4 is 0 Å². The van der Waals surface area contributed by atoms with Gasteiger partial charge in [-0.1, -0.05) is 40.2 Å². The molecule has 0 heterocycles. The SMILES string of the molecule is CCOC(=O)C=Cc1ccc(CBr)cc1. The van der Waals surface area contributed by atoms with Gasteiger partial charge < -0.3 is 4.74 Å². The molecule has 0 spiro atoms. The van der Waals surface area contributed by atoms with Crippen molar-refractivity contribution in [3.05, 3.63) is 41.5 Å². The molecule has 15 heavy (non-hydrogen) atoms. The first-order valence-electron chi connectivity index (χ1n) is 4.76. The normalized spacial score (nSPS) is 10.5. The first-order valence-corrected chi connectivity index (χ1v) is 5.88. The molecule has 0 aliphatic heterocycles. The van der Waals surface area contributed by atoms with E-state index in [2.05, 4.69) is 15.9 Å². The van der Waals surface area contributed by atoms with Gasteiger partial charge in [0.05, 0.1) is 6.61 Å². The highest BCUT2D eigenvalue weighted by Crippen LogP contribution is 2.09. The van der Waals surface area contributed by atoms with E-state index in [0.29, 0.717) is 6.61 Å². The third-order valence-electron chi connectivity index (χ3n) is 1.83. The number of hydrogen-bond donors (Lipinski definition) is 0. The third kappa shape index (κ3) is 4.30. The third-order valence-corrected chi connectivity index (χ3v) is 2.48. The Morgan fingerprint density at radius 1 is 1.40 bits per heavy atom. The van der Waals surface area contributed by atoms with Gasteiger partial charge in [-0.25, -0.2) is 4.79 Å². The van der Waals surface area contributed by atoms with Gasteiger partial charge in [0.15, 0.2) is 0 Å². The molecule has 0 radical (unpaired) electrons. The Balaban J connectivity index is 2.60. The molecule has 80 valence electrons. The summed E-state index contributed by atoms with van der Waals surface area (Å²) in [5.74, 6) is -0.304. The molecule has 0 aromatic heterocycles. The average molecular weight is 269 g/mol. The zero-order valence-electron chi connectivity index (χ0n) is 8.57. The van der Waals surface area contributed by atoms with Crippen molar-refractivity contribution >= 4 is 28.0 Å². The first kappa shape index (κ1) is 12.0. The second kappa shape index (κ2) is 6.40.